The second kappa shape index (κ2) is 4.34. The smallest absolute Gasteiger partial charge is 0.132 e. The molecule has 0 aliphatic rings. The van der Waals surface area contributed by atoms with Crippen molar-refractivity contribution in [3.05, 3.63) is 22.4 Å². The standard InChI is InChI=1S/C9H12Cl2N2O/c1-9(2,3)14-13-6-4-7(10)12-8(11)5-6/h4-5H,1-3H3,(H,12,13). The summed E-state index contributed by atoms with van der Waals surface area (Å²) in [6.45, 7) is 5.80. The molecule has 5 heteroatoms. The van der Waals surface area contributed by atoms with Gasteiger partial charge < -0.3 is 0 Å². The van der Waals surface area contributed by atoms with Gasteiger partial charge in [0, 0.05) is 12.1 Å². The Bertz CT molecular complexity index is 303. The van der Waals surface area contributed by atoms with E-state index in [9.17, 15) is 0 Å². The fourth-order valence-corrected chi connectivity index (χ4v) is 1.20. The summed E-state index contributed by atoms with van der Waals surface area (Å²) < 4.78 is 0. The van der Waals surface area contributed by atoms with Crippen molar-refractivity contribution in [1.29, 1.82) is 0 Å². The van der Waals surface area contributed by atoms with Gasteiger partial charge in [-0.05, 0) is 20.8 Å². The van der Waals surface area contributed by atoms with Crippen molar-refractivity contribution in [1.82, 2.24) is 4.98 Å². The van der Waals surface area contributed by atoms with E-state index in [0.29, 0.717) is 16.0 Å². The summed E-state index contributed by atoms with van der Waals surface area (Å²) in [6, 6.07) is 3.28. The van der Waals surface area contributed by atoms with E-state index >= 15 is 0 Å². The molecule has 1 heterocycles. The molecular weight excluding hydrogens is 223 g/mol. The van der Waals surface area contributed by atoms with Gasteiger partial charge in [0.1, 0.15) is 10.3 Å². The van der Waals surface area contributed by atoms with Gasteiger partial charge in [0.25, 0.3) is 0 Å². The minimum Gasteiger partial charge on any atom is -0.270 e. The summed E-state index contributed by atoms with van der Waals surface area (Å²) in [5, 5.41) is 0.662. The summed E-state index contributed by atoms with van der Waals surface area (Å²) in [5.41, 5.74) is 3.17. The average molecular weight is 235 g/mol. The zero-order valence-corrected chi connectivity index (χ0v) is 9.78. The lowest BCUT2D eigenvalue weighted by Crippen LogP contribution is -2.22. The molecule has 0 unspecified atom stereocenters. The van der Waals surface area contributed by atoms with Crippen LogP contribution in [0.1, 0.15) is 20.8 Å². The number of nitrogens with one attached hydrogen (secondary N) is 1. The number of aromatic nitrogens is 1. The van der Waals surface area contributed by atoms with Crippen molar-refractivity contribution in [3.8, 4) is 0 Å². The molecule has 0 saturated heterocycles. The first-order chi connectivity index (χ1) is 6.37. The van der Waals surface area contributed by atoms with Crippen molar-refractivity contribution in [3.63, 3.8) is 0 Å². The van der Waals surface area contributed by atoms with Crippen LogP contribution in [0.15, 0.2) is 12.1 Å². The van der Waals surface area contributed by atoms with Crippen LogP contribution in [0.3, 0.4) is 0 Å². The Morgan fingerprint density at radius 2 is 1.71 bits per heavy atom. The van der Waals surface area contributed by atoms with Gasteiger partial charge in [-0.1, -0.05) is 23.2 Å². The van der Waals surface area contributed by atoms with Crippen molar-refractivity contribution < 1.29 is 4.84 Å². The minimum atomic E-state index is -0.276. The van der Waals surface area contributed by atoms with Gasteiger partial charge in [0.15, 0.2) is 0 Å². The van der Waals surface area contributed by atoms with E-state index in [-0.39, 0.29) is 5.60 Å². The van der Waals surface area contributed by atoms with Crippen LogP contribution < -0.4 is 5.48 Å². The lowest BCUT2D eigenvalue weighted by molar-refractivity contribution is 0.0375. The van der Waals surface area contributed by atoms with Crippen LogP contribution in [0.4, 0.5) is 5.69 Å². The number of halogens is 2. The zero-order valence-electron chi connectivity index (χ0n) is 8.27. The largest absolute Gasteiger partial charge is 0.270 e. The first-order valence-corrected chi connectivity index (χ1v) is 4.89. The Kier molecular flexibility index (Phi) is 3.59. The lowest BCUT2D eigenvalue weighted by Gasteiger charge is -2.19. The van der Waals surface area contributed by atoms with E-state index in [1.54, 1.807) is 12.1 Å². The third-order valence-corrected chi connectivity index (χ3v) is 1.63. The van der Waals surface area contributed by atoms with Gasteiger partial charge in [-0.2, -0.15) is 0 Å². The van der Waals surface area contributed by atoms with Crippen LogP contribution in [-0.4, -0.2) is 10.6 Å². The van der Waals surface area contributed by atoms with E-state index in [1.165, 1.54) is 0 Å². The topological polar surface area (TPSA) is 34.1 Å². The van der Waals surface area contributed by atoms with Crippen LogP contribution >= 0.6 is 23.2 Å². The Morgan fingerprint density at radius 3 is 2.14 bits per heavy atom. The molecule has 3 nitrogen and oxygen atoms in total. The maximum atomic E-state index is 5.71. The monoisotopic (exact) mass is 234 g/mol. The van der Waals surface area contributed by atoms with Crippen LogP contribution in [0.5, 0.6) is 0 Å². The SMILES string of the molecule is CC(C)(C)ONc1cc(Cl)nc(Cl)c1. The highest BCUT2D eigenvalue weighted by Crippen LogP contribution is 2.19. The van der Waals surface area contributed by atoms with E-state index in [0.717, 1.165) is 0 Å². The number of rotatable bonds is 2. The van der Waals surface area contributed by atoms with Gasteiger partial charge in [-0.25, -0.2) is 4.98 Å². The number of anilines is 1. The molecule has 0 radical (unpaired) electrons. The van der Waals surface area contributed by atoms with Crippen molar-refractivity contribution in [2.75, 3.05) is 5.48 Å². The predicted octanol–water partition coefficient (Wildman–Crippen LogP) is 3.53. The molecule has 1 aromatic heterocycles. The molecule has 0 aliphatic heterocycles. The summed E-state index contributed by atoms with van der Waals surface area (Å²) in [6.07, 6.45) is 0. The zero-order chi connectivity index (χ0) is 10.8. The second-order valence-corrected chi connectivity index (χ2v) is 4.59. The van der Waals surface area contributed by atoms with Crippen LogP contribution in [0.2, 0.25) is 10.3 Å². The van der Waals surface area contributed by atoms with E-state index in [4.69, 9.17) is 28.0 Å². The number of hydrogen-bond donors (Lipinski definition) is 1. The first-order valence-electron chi connectivity index (χ1n) is 4.14. The summed E-state index contributed by atoms with van der Waals surface area (Å²) in [7, 11) is 0. The lowest BCUT2D eigenvalue weighted by atomic mass is 10.2. The summed E-state index contributed by atoms with van der Waals surface area (Å²) in [5.74, 6) is 0. The second-order valence-electron chi connectivity index (χ2n) is 3.82. The van der Waals surface area contributed by atoms with Crippen molar-refractivity contribution >= 4 is 28.9 Å². The molecular formula is C9H12Cl2N2O. The predicted molar refractivity (Wildman–Crippen MR) is 58.7 cm³/mol. The van der Waals surface area contributed by atoms with E-state index in [2.05, 4.69) is 10.5 Å². The molecule has 14 heavy (non-hydrogen) atoms. The molecule has 0 amide bonds. The molecule has 0 spiro atoms. The van der Waals surface area contributed by atoms with Crippen molar-refractivity contribution in [2.24, 2.45) is 0 Å². The Hall–Kier alpha value is -0.510. The molecule has 0 saturated carbocycles. The van der Waals surface area contributed by atoms with Gasteiger partial charge in [-0.15, -0.1) is 0 Å². The molecule has 1 N–H and O–H groups in total. The fourth-order valence-electron chi connectivity index (χ4n) is 0.736. The maximum Gasteiger partial charge on any atom is 0.132 e. The minimum absolute atomic E-state index is 0.276. The highest BCUT2D eigenvalue weighted by atomic mass is 35.5. The molecule has 0 atom stereocenters. The Morgan fingerprint density at radius 1 is 1.21 bits per heavy atom. The quantitative estimate of drug-likeness (QED) is 0.628. The molecule has 0 aliphatic carbocycles. The van der Waals surface area contributed by atoms with Gasteiger partial charge in [0.2, 0.25) is 0 Å². The molecule has 0 aromatic carbocycles. The highest BCUT2D eigenvalue weighted by Gasteiger charge is 2.10. The Balaban J connectivity index is 2.68. The molecule has 1 rings (SSSR count). The highest BCUT2D eigenvalue weighted by molar-refractivity contribution is 6.32. The number of nitrogens with zero attached hydrogens (tertiary/aromatic N) is 1. The number of pyridine rings is 1. The Labute approximate surface area is 93.3 Å². The molecule has 78 valence electrons. The molecule has 0 fully saturated rings. The maximum absolute atomic E-state index is 5.71. The number of hydrogen-bond acceptors (Lipinski definition) is 3. The summed E-state index contributed by atoms with van der Waals surface area (Å²) >= 11 is 11.4. The summed E-state index contributed by atoms with van der Waals surface area (Å²) in [4.78, 5) is 9.14. The van der Waals surface area contributed by atoms with Crippen molar-refractivity contribution in [2.45, 2.75) is 26.4 Å². The van der Waals surface area contributed by atoms with E-state index in [1.807, 2.05) is 20.8 Å². The molecule has 1 aromatic rings. The fraction of sp³-hybridized carbons (Fsp3) is 0.444. The normalized spacial score (nSPS) is 11.5. The van der Waals surface area contributed by atoms with Gasteiger partial charge in [0.05, 0.1) is 11.3 Å². The third-order valence-electron chi connectivity index (χ3n) is 1.24. The first kappa shape index (κ1) is 11.6. The van der Waals surface area contributed by atoms with Gasteiger partial charge >= 0.3 is 0 Å². The van der Waals surface area contributed by atoms with Crippen LogP contribution in [0, 0.1) is 0 Å². The third kappa shape index (κ3) is 4.13. The van der Waals surface area contributed by atoms with E-state index < -0.39 is 0 Å². The average Bonchev–Trinajstić information content (AvgIpc) is 1.97. The van der Waals surface area contributed by atoms with Crippen LogP contribution in [0.25, 0.3) is 0 Å². The molecule has 0 bridgehead atoms. The van der Waals surface area contributed by atoms with Gasteiger partial charge in [-0.3, -0.25) is 10.3 Å². The van der Waals surface area contributed by atoms with Crippen LogP contribution in [-0.2, 0) is 4.84 Å².